The number of rotatable bonds is 5. The molecule has 6 nitrogen and oxygen atoms in total. The molecule has 0 radical (unpaired) electrons. The van der Waals surface area contributed by atoms with Crippen molar-refractivity contribution in [1.82, 2.24) is 20.0 Å². The zero-order valence-corrected chi connectivity index (χ0v) is 14.9. The largest absolute Gasteiger partial charge is 0.342 e. The van der Waals surface area contributed by atoms with Gasteiger partial charge in [-0.2, -0.15) is 4.98 Å². The van der Waals surface area contributed by atoms with E-state index in [0.717, 1.165) is 62.5 Å². The second kappa shape index (κ2) is 6.18. The fraction of sp³-hybridized carbons (Fsp3) is 0.600. The van der Waals surface area contributed by atoms with E-state index in [2.05, 4.69) is 15.0 Å². The molecular formula is C20H24N4O2. The van der Waals surface area contributed by atoms with Crippen LogP contribution in [-0.2, 0) is 10.2 Å². The van der Waals surface area contributed by atoms with Crippen LogP contribution in [-0.4, -0.2) is 39.0 Å². The van der Waals surface area contributed by atoms with E-state index in [1.807, 2.05) is 12.1 Å². The van der Waals surface area contributed by atoms with Gasteiger partial charge in [-0.1, -0.05) is 18.0 Å². The summed E-state index contributed by atoms with van der Waals surface area (Å²) in [4.78, 5) is 23.4. The SMILES string of the molecule is O=C(C1CC1)N1CCC(CC2CC2)(c2noc(-c3cccnc3)n2)CC1. The van der Waals surface area contributed by atoms with Crippen molar-refractivity contribution < 1.29 is 9.32 Å². The molecule has 6 heteroatoms. The Morgan fingerprint density at radius 1 is 1.23 bits per heavy atom. The highest BCUT2D eigenvalue weighted by Gasteiger charge is 2.46. The Balaban J connectivity index is 1.38. The van der Waals surface area contributed by atoms with E-state index < -0.39 is 0 Å². The first-order valence-electron chi connectivity index (χ1n) is 9.77. The maximum absolute atomic E-state index is 12.4. The Morgan fingerprint density at radius 2 is 2.04 bits per heavy atom. The lowest BCUT2D eigenvalue weighted by molar-refractivity contribution is -0.134. The van der Waals surface area contributed by atoms with Gasteiger partial charge in [0.1, 0.15) is 0 Å². The molecule has 136 valence electrons. The molecule has 26 heavy (non-hydrogen) atoms. The number of likely N-dealkylation sites (tertiary alicyclic amines) is 1. The van der Waals surface area contributed by atoms with Crippen LogP contribution in [0.3, 0.4) is 0 Å². The predicted molar refractivity (Wildman–Crippen MR) is 95.1 cm³/mol. The monoisotopic (exact) mass is 352 g/mol. The van der Waals surface area contributed by atoms with E-state index in [4.69, 9.17) is 9.51 Å². The standard InChI is InChI=1S/C20H24N4O2/c25-18(15-5-6-15)24-10-7-20(8-11-24,12-14-3-4-14)19-22-17(26-23-19)16-2-1-9-21-13-16/h1-2,9,13-15H,3-8,10-12H2. The fourth-order valence-corrected chi connectivity index (χ4v) is 4.18. The van der Waals surface area contributed by atoms with Gasteiger partial charge in [-0.05, 0) is 50.2 Å². The summed E-state index contributed by atoms with van der Waals surface area (Å²) in [5.74, 6) is 2.80. The van der Waals surface area contributed by atoms with Gasteiger partial charge in [0.15, 0.2) is 5.82 Å². The van der Waals surface area contributed by atoms with Crippen molar-refractivity contribution in [2.75, 3.05) is 13.1 Å². The molecule has 2 aromatic rings. The maximum atomic E-state index is 12.4. The zero-order valence-electron chi connectivity index (χ0n) is 14.9. The molecule has 5 rings (SSSR count). The van der Waals surface area contributed by atoms with Crippen molar-refractivity contribution in [3.63, 3.8) is 0 Å². The zero-order chi connectivity index (χ0) is 17.6. The first-order chi connectivity index (χ1) is 12.7. The first kappa shape index (κ1) is 16.0. The van der Waals surface area contributed by atoms with Crippen LogP contribution in [0.5, 0.6) is 0 Å². The van der Waals surface area contributed by atoms with Crippen LogP contribution in [0, 0.1) is 11.8 Å². The van der Waals surface area contributed by atoms with Gasteiger partial charge in [-0.25, -0.2) is 0 Å². The summed E-state index contributed by atoms with van der Waals surface area (Å²) >= 11 is 0. The molecule has 0 spiro atoms. The van der Waals surface area contributed by atoms with Crippen molar-refractivity contribution in [3.05, 3.63) is 30.4 Å². The number of amides is 1. The summed E-state index contributed by atoms with van der Waals surface area (Å²) in [7, 11) is 0. The van der Waals surface area contributed by atoms with E-state index in [9.17, 15) is 4.79 Å². The molecule has 0 unspecified atom stereocenters. The second-order valence-electron chi connectivity index (χ2n) is 8.19. The lowest BCUT2D eigenvalue weighted by Gasteiger charge is -2.40. The van der Waals surface area contributed by atoms with Crippen LogP contribution in [0.4, 0.5) is 0 Å². The molecule has 2 saturated carbocycles. The minimum atomic E-state index is -0.0501. The summed E-state index contributed by atoms with van der Waals surface area (Å²) in [5, 5.41) is 4.37. The van der Waals surface area contributed by atoms with Crippen LogP contribution in [0.15, 0.2) is 29.0 Å². The molecule has 1 amide bonds. The third kappa shape index (κ3) is 3.02. The summed E-state index contributed by atoms with van der Waals surface area (Å²) in [6.07, 6.45) is 11.2. The van der Waals surface area contributed by atoms with Gasteiger partial charge in [0.2, 0.25) is 5.91 Å². The summed E-state index contributed by atoms with van der Waals surface area (Å²) in [6.45, 7) is 1.64. The van der Waals surface area contributed by atoms with Crippen LogP contribution in [0.1, 0.15) is 50.8 Å². The van der Waals surface area contributed by atoms with Crippen molar-refractivity contribution in [1.29, 1.82) is 0 Å². The first-order valence-corrected chi connectivity index (χ1v) is 9.77. The third-order valence-electron chi connectivity index (χ3n) is 6.14. The highest BCUT2D eigenvalue weighted by atomic mass is 16.5. The van der Waals surface area contributed by atoms with Gasteiger partial charge >= 0.3 is 0 Å². The third-order valence-corrected chi connectivity index (χ3v) is 6.14. The summed E-state index contributed by atoms with van der Waals surface area (Å²) in [5.41, 5.74) is 0.806. The Morgan fingerprint density at radius 3 is 2.69 bits per heavy atom. The van der Waals surface area contributed by atoms with Gasteiger partial charge in [0.05, 0.1) is 5.56 Å². The highest BCUT2D eigenvalue weighted by molar-refractivity contribution is 5.81. The average molecular weight is 352 g/mol. The normalized spacial score (nSPS) is 22.4. The highest BCUT2D eigenvalue weighted by Crippen LogP contribution is 2.47. The number of nitrogens with zero attached hydrogens (tertiary/aromatic N) is 4. The molecule has 1 aliphatic heterocycles. The molecule has 0 aromatic carbocycles. The molecule has 2 aromatic heterocycles. The molecular weight excluding hydrogens is 328 g/mol. The molecule has 0 bridgehead atoms. The number of piperidine rings is 1. The van der Waals surface area contributed by atoms with Gasteiger partial charge in [0, 0.05) is 36.8 Å². The molecule has 2 aliphatic carbocycles. The fourth-order valence-electron chi connectivity index (χ4n) is 4.18. The van der Waals surface area contributed by atoms with Crippen molar-refractivity contribution in [2.24, 2.45) is 11.8 Å². The van der Waals surface area contributed by atoms with E-state index in [0.29, 0.717) is 17.7 Å². The van der Waals surface area contributed by atoms with Crippen molar-refractivity contribution >= 4 is 5.91 Å². The molecule has 3 aliphatic rings. The van der Waals surface area contributed by atoms with Crippen LogP contribution in [0.25, 0.3) is 11.5 Å². The van der Waals surface area contributed by atoms with Crippen LogP contribution >= 0.6 is 0 Å². The lowest BCUT2D eigenvalue weighted by Crippen LogP contribution is -2.46. The molecule has 0 N–H and O–H groups in total. The summed E-state index contributed by atoms with van der Waals surface area (Å²) in [6, 6.07) is 3.82. The van der Waals surface area contributed by atoms with Gasteiger partial charge in [-0.15, -0.1) is 0 Å². The Hall–Kier alpha value is -2.24. The molecule has 3 fully saturated rings. The minimum Gasteiger partial charge on any atom is -0.342 e. The molecule has 0 atom stereocenters. The smallest absolute Gasteiger partial charge is 0.259 e. The number of hydrogen-bond acceptors (Lipinski definition) is 5. The van der Waals surface area contributed by atoms with E-state index >= 15 is 0 Å². The van der Waals surface area contributed by atoms with Gasteiger partial charge < -0.3 is 9.42 Å². The number of carbonyl (C=O) groups is 1. The van der Waals surface area contributed by atoms with Gasteiger partial charge in [-0.3, -0.25) is 9.78 Å². The van der Waals surface area contributed by atoms with E-state index in [1.165, 1.54) is 12.8 Å². The lowest BCUT2D eigenvalue weighted by atomic mass is 9.73. The minimum absolute atomic E-state index is 0.0501. The Bertz CT molecular complexity index is 787. The molecule has 3 heterocycles. The average Bonchev–Trinajstić information content (AvgIpc) is 3.62. The maximum Gasteiger partial charge on any atom is 0.259 e. The topological polar surface area (TPSA) is 72.1 Å². The number of pyridine rings is 1. The quantitative estimate of drug-likeness (QED) is 0.826. The second-order valence-corrected chi connectivity index (χ2v) is 8.19. The van der Waals surface area contributed by atoms with Gasteiger partial charge in [0.25, 0.3) is 5.89 Å². The van der Waals surface area contributed by atoms with Crippen molar-refractivity contribution in [3.8, 4) is 11.5 Å². The molecule has 1 saturated heterocycles. The number of carbonyl (C=O) groups excluding carboxylic acids is 1. The van der Waals surface area contributed by atoms with E-state index in [-0.39, 0.29) is 5.41 Å². The van der Waals surface area contributed by atoms with Crippen molar-refractivity contribution in [2.45, 2.75) is 50.4 Å². The van der Waals surface area contributed by atoms with Crippen LogP contribution < -0.4 is 0 Å². The van der Waals surface area contributed by atoms with Crippen LogP contribution in [0.2, 0.25) is 0 Å². The number of hydrogen-bond donors (Lipinski definition) is 0. The predicted octanol–water partition coefficient (Wildman–Crippen LogP) is 3.20. The van der Waals surface area contributed by atoms with E-state index in [1.54, 1.807) is 12.4 Å². The number of aromatic nitrogens is 3. The Labute approximate surface area is 153 Å². The Kier molecular flexibility index (Phi) is 3.80. The summed E-state index contributed by atoms with van der Waals surface area (Å²) < 4.78 is 5.57.